The summed E-state index contributed by atoms with van der Waals surface area (Å²) in [7, 11) is 0. The Morgan fingerprint density at radius 3 is 2.61 bits per heavy atom. The lowest BCUT2D eigenvalue weighted by Gasteiger charge is -2.35. The van der Waals surface area contributed by atoms with Gasteiger partial charge in [0.2, 0.25) is 0 Å². The highest BCUT2D eigenvalue weighted by Crippen LogP contribution is 2.28. The molecular weight excluding hydrogens is 288 g/mol. The Kier molecular flexibility index (Phi) is 5.73. The van der Waals surface area contributed by atoms with Crippen LogP contribution in [0, 0.1) is 0 Å². The molecule has 0 unspecified atom stereocenters. The van der Waals surface area contributed by atoms with E-state index in [2.05, 4.69) is 33.1 Å². The van der Waals surface area contributed by atoms with Gasteiger partial charge in [-0.3, -0.25) is 0 Å². The first-order chi connectivity index (χ1) is 11.3. The molecule has 1 aromatic heterocycles. The van der Waals surface area contributed by atoms with Gasteiger partial charge in [0.1, 0.15) is 0 Å². The molecule has 3 heterocycles. The van der Waals surface area contributed by atoms with Gasteiger partial charge in [-0.25, -0.2) is 4.98 Å². The minimum absolute atomic E-state index is 0.144. The number of aliphatic hydroxyl groups excluding tert-OH is 1. The number of pyridine rings is 1. The van der Waals surface area contributed by atoms with Crippen LogP contribution in [0.15, 0.2) is 18.3 Å². The molecule has 0 aliphatic carbocycles. The van der Waals surface area contributed by atoms with Crippen molar-refractivity contribution in [3.63, 3.8) is 0 Å². The maximum Gasteiger partial charge on any atom is 0.151 e. The highest BCUT2D eigenvalue weighted by molar-refractivity contribution is 5.66. The molecule has 0 bridgehead atoms. The fraction of sp³-hybridized carbons (Fsp3) is 0.722. The van der Waals surface area contributed by atoms with Crippen molar-refractivity contribution in [1.82, 2.24) is 9.88 Å². The Balaban J connectivity index is 1.60. The maximum absolute atomic E-state index is 9.71. The largest absolute Gasteiger partial charge is 0.393 e. The van der Waals surface area contributed by atoms with Crippen molar-refractivity contribution in [3.05, 3.63) is 18.3 Å². The van der Waals surface area contributed by atoms with E-state index in [-0.39, 0.29) is 6.10 Å². The van der Waals surface area contributed by atoms with Crippen molar-refractivity contribution in [3.8, 4) is 0 Å². The van der Waals surface area contributed by atoms with Gasteiger partial charge in [-0.1, -0.05) is 6.92 Å². The van der Waals surface area contributed by atoms with Crippen molar-refractivity contribution in [2.24, 2.45) is 0 Å². The summed E-state index contributed by atoms with van der Waals surface area (Å²) in [6.07, 6.45) is 7.05. The SMILES string of the molecule is CCCN1CCC(Nc2cccnc2N2CCC(O)CC2)CC1. The smallest absolute Gasteiger partial charge is 0.151 e. The third kappa shape index (κ3) is 4.36. The van der Waals surface area contributed by atoms with Crippen LogP contribution in [-0.4, -0.2) is 59.9 Å². The molecule has 23 heavy (non-hydrogen) atoms. The normalized spacial score (nSPS) is 21.6. The second-order valence-electron chi connectivity index (χ2n) is 6.85. The van der Waals surface area contributed by atoms with Crippen molar-refractivity contribution in [1.29, 1.82) is 0 Å². The lowest BCUT2D eigenvalue weighted by atomic mass is 10.0. The van der Waals surface area contributed by atoms with E-state index >= 15 is 0 Å². The average molecular weight is 318 g/mol. The van der Waals surface area contributed by atoms with Gasteiger partial charge in [-0.15, -0.1) is 0 Å². The molecule has 5 heteroatoms. The molecule has 0 aromatic carbocycles. The molecule has 5 nitrogen and oxygen atoms in total. The summed E-state index contributed by atoms with van der Waals surface area (Å²) in [6.45, 7) is 7.64. The topological polar surface area (TPSA) is 51.6 Å². The first-order valence-corrected chi connectivity index (χ1v) is 9.13. The first kappa shape index (κ1) is 16.5. The molecule has 0 radical (unpaired) electrons. The molecule has 0 atom stereocenters. The summed E-state index contributed by atoms with van der Waals surface area (Å²) >= 11 is 0. The summed E-state index contributed by atoms with van der Waals surface area (Å²) in [5.41, 5.74) is 1.15. The van der Waals surface area contributed by atoms with Crippen LogP contribution in [0.5, 0.6) is 0 Å². The van der Waals surface area contributed by atoms with Crippen molar-refractivity contribution >= 4 is 11.5 Å². The van der Waals surface area contributed by atoms with Gasteiger partial charge in [-0.2, -0.15) is 0 Å². The van der Waals surface area contributed by atoms with Crippen LogP contribution in [0.4, 0.5) is 11.5 Å². The van der Waals surface area contributed by atoms with E-state index in [1.165, 1.54) is 38.9 Å². The van der Waals surface area contributed by atoms with Crippen LogP contribution in [0.1, 0.15) is 39.0 Å². The predicted molar refractivity (Wildman–Crippen MR) is 95.1 cm³/mol. The molecule has 2 aliphatic rings. The highest BCUT2D eigenvalue weighted by Gasteiger charge is 2.23. The van der Waals surface area contributed by atoms with Crippen LogP contribution in [0.2, 0.25) is 0 Å². The van der Waals surface area contributed by atoms with E-state index in [0.717, 1.165) is 37.4 Å². The Labute approximate surface area is 139 Å². The van der Waals surface area contributed by atoms with Crippen molar-refractivity contribution < 1.29 is 5.11 Å². The minimum atomic E-state index is -0.144. The van der Waals surface area contributed by atoms with Crippen LogP contribution < -0.4 is 10.2 Å². The molecular formula is C18H30N4O. The molecule has 0 amide bonds. The Hall–Kier alpha value is -1.33. The zero-order chi connectivity index (χ0) is 16.1. The number of rotatable bonds is 5. The molecule has 3 rings (SSSR count). The molecule has 2 aliphatic heterocycles. The van der Waals surface area contributed by atoms with Gasteiger partial charge in [0, 0.05) is 38.4 Å². The van der Waals surface area contributed by atoms with E-state index < -0.39 is 0 Å². The number of anilines is 2. The monoisotopic (exact) mass is 318 g/mol. The Morgan fingerprint density at radius 2 is 1.91 bits per heavy atom. The van der Waals surface area contributed by atoms with Gasteiger partial charge in [0.05, 0.1) is 11.8 Å². The third-order valence-corrected chi connectivity index (χ3v) is 5.04. The Morgan fingerprint density at radius 1 is 1.17 bits per heavy atom. The molecule has 0 saturated carbocycles. The molecule has 128 valence electrons. The quantitative estimate of drug-likeness (QED) is 0.873. The van der Waals surface area contributed by atoms with Crippen molar-refractivity contribution in [2.45, 2.75) is 51.2 Å². The number of hydrogen-bond donors (Lipinski definition) is 2. The van der Waals surface area contributed by atoms with Crippen LogP contribution >= 0.6 is 0 Å². The highest BCUT2D eigenvalue weighted by atomic mass is 16.3. The number of aliphatic hydroxyl groups is 1. The van der Waals surface area contributed by atoms with E-state index in [9.17, 15) is 5.11 Å². The lowest BCUT2D eigenvalue weighted by molar-refractivity contribution is 0.145. The van der Waals surface area contributed by atoms with Gasteiger partial charge in [0.25, 0.3) is 0 Å². The van der Waals surface area contributed by atoms with Crippen LogP contribution in [0.25, 0.3) is 0 Å². The zero-order valence-electron chi connectivity index (χ0n) is 14.2. The lowest BCUT2D eigenvalue weighted by Crippen LogP contribution is -2.40. The number of hydrogen-bond acceptors (Lipinski definition) is 5. The van der Waals surface area contributed by atoms with Gasteiger partial charge < -0.3 is 20.2 Å². The second-order valence-corrected chi connectivity index (χ2v) is 6.85. The first-order valence-electron chi connectivity index (χ1n) is 9.13. The second kappa shape index (κ2) is 7.97. The summed E-state index contributed by atoms with van der Waals surface area (Å²) in [6, 6.07) is 4.70. The molecule has 2 fully saturated rings. The molecule has 2 N–H and O–H groups in total. The molecule has 1 aromatic rings. The fourth-order valence-corrected chi connectivity index (χ4v) is 3.68. The van der Waals surface area contributed by atoms with E-state index in [1.54, 1.807) is 0 Å². The van der Waals surface area contributed by atoms with E-state index in [4.69, 9.17) is 0 Å². The fourth-order valence-electron chi connectivity index (χ4n) is 3.68. The number of piperidine rings is 2. The van der Waals surface area contributed by atoms with Gasteiger partial charge in [0.15, 0.2) is 5.82 Å². The van der Waals surface area contributed by atoms with E-state index in [0.29, 0.717) is 6.04 Å². The predicted octanol–water partition coefficient (Wildman–Crippen LogP) is 2.33. The van der Waals surface area contributed by atoms with Crippen LogP contribution in [0.3, 0.4) is 0 Å². The zero-order valence-corrected chi connectivity index (χ0v) is 14.2. The van der Waals surface area contributed by atoms with Gasteiger partial charge in [-0.05, 0) is 50.8 Å². The van der Waals surface area contributed by atoms with Crippen molar-refractivity contribution in [2.75, 3.05) is 42.9 Å². The minimum Gasteiger partial charge on any atom is -0.393 e. The van der Waals surface area contributed by atoms with Crippen LogP contribution in [-0.2, 0) is 0 Å². The summed E-state index contributed by atoms with van der Waals surface area (Å²) in [5.74, 6) is 1.05. The summed E-state index contributed by atoms with van der Waals surface area (Å²) in [4.78, 5) is 9.48. The van der Waals surface area contributed by atoms with Gasteiger partial charge >= 0.3 is 0 Å². The molecule has 2 saturated heterocycles. The number of aromatic nitrogens is 1. The Bertz CT molecular complexity index is 480. The number of nitrogens with one attached hydrogen (secondary N) is 1. The average Bonchev–Trinajstić information content (AvgIpc) is 2.58. The summed E-state index contributed by atoms with van der Waals surface area (Å²) < 4.78 is 0. The number of nitrogens with zero attached hydrogens (tertiary/aromatic N) is 3. The third-order valence-electron chi connectivity index (χ3n) is 5.04. The van der Waals surface area contributed by atoms with E-state index in [1.807, 2.05) is 12.3 Å². The maximum atomic E-state index is 9.71. The summed E-state index contributed by atoms with van der Waals surface area (Å²) in [5, 5.41) is 13.4. The number of likely N-dealkylation sites (tertiary alicyclic amines) is 1. The molecule has 0 spiro atoms. The standard InChI is InChI=1S/C18H30N4O/c1-2-10-21-11-5-15(6-12-21)20-17-4-3-9-19-18(17)22-13-7-16(23)8-14-22/h3-4,9,15-16,20,23H,2,5-8,10-14H2,1H3.